The molecule has 0 spiro atoms. The van der Waals surface area contributed by atoms with Gasteiger partial charge in [0.05, 0.1) is 6.16 Å². The Morgan fingerprint density at radius 2 is 1.90 bits per heavy atom. The second-order valence-electron chi connectivity index (χ2n) is 5.44. The molecule has 4 N–H and O–H groups in total. The van der Waals surface area contributed by atoms with E-state index in [9.17, 15) is 24.4 Å². The Bertz CT molecular complexity index is 515. The molecule has 0 radical (unpaired) electrons. The molecule has 6 nitrogen and oxygen atoms in total. The van der Waals surface area contributed by atoms with Gasteiger partial charge in [-0.1, -0.05) is 30.3 Å². The van der Waals surface area contributed by atoms with Gasteiger partial charge in [-0.05, 0) is 38.2 Å². The number of carbonyl (C=O) groups is 1. The highest BCUT2D eigenvalue weighted by Gasteiger charge is 2.41. The van der Waals surface area contributed by atoms with Gasteiger partial charge in [0.15, 0.2) is 5.78 Å². The van der Waals surface area contributed by atoms with E-state index in [1.165, 1.54) is 13.8 Å². The molecule has 0 heterocycles. The van der Waals surface area contributed by atoms with Crippen LogP contribution in [0, 0.1) is 5.92 Å². The van der Waals surface area contributed by atoms with Crippen LogP contribution in [0.1, 0.15) is 25.8 Å². The molecule has 0 aliphatic rings. The lowest BCUT2D eigenvalue weighted by Gasteiger charge is -2.34. The Hall–Kier alpha value is -1.04. The summed E-state index contributed by atoms with van der Waals surface area (Å²) in [6.45, 7) is 2.75. The van der Waals surface area contributed by atoms with E-state index in [1.54, 1.807) is 0 Å². The molecular weight excluding hydrogens is 293 g/mol. The summed E-state index contributed by atoms with van der Waals surface area (Å²) in [6, 6.07) is 9.45. The van der Waals surface area contributed by atoms with Crippen molar-refractivity contribution in [2.75, 3.05) is 6.16 Å². The summed E-state index contributed by atoms with van der Waals surface area (Å²) in [5.41, 5.74) is 1.58. The van der Waals surface area contributed by atoms with Crippen molar-refractivity contribution >= 4 is 13.4 Å². The van der Waals surface area contributed by atoms with Gasteiger partial charge in [0, 0.05) is 0 Å². The van der Waals surface area contributed by atoms with E-state index < -0.39 is 25.2 Å². The van der Waals surface area contributed by atoms with Crippen molar-refractivity contribution in [3.8, 4) is 0 Å². The molecule has 0 amide bonds. The quantitative estimate of drug-likeness (QED) is 0.430. The molecule has 1 aromatic rings. The summed E-state index contributed by atoms with van der Waals surface area (Å²) in [7, 11) is -4.30. The molecule has 1 rings (SSSR count). The van der Waals surface area contributed by atoms with Gasteiger partial charge in [0.2, 0.25) is 0 Å². The maximum Gasteiger partial charge on any atom is 0.325 e. The van der Waals surface area contributed by atoms with Crippen LogP contribution < -0.4 is 5.48 Å². The SMILES string of the molecule is CC(=O)C(C)(NO)C(CCc1ccccc1)CP(=O)(O)O. The maximum absolute atomic E-state index is 11.8. The van der Waals surface area contributed by atoms with Crippen molar-refractivity contribution in [2.24, 2.45) is 5.92 Å². The Balaban J connectivity index is 2.92. The molecule has 0 saturated carbocycles. The highest BCUT2D eigenvalue weighted by Crippen LogP contribution is 2.41. The standard InChI is InChI=1S/C14H22NO5P/c1-11(16)14(2,15-17)13(10-21(18,19)20)9-8-12-6-4-3-5-7-12/h3-7,13,15,17H,8-10H2,1-2H3,(H2,18,19,20). The van der Waals surface area contributed by atoms with E-state index in [-0.39, 0.29) is 5.78 Å². The van der Waals surface area contributed by atoms with Crippen molar-refractivity contribution in [3.05, 3.63) is 35.9 Å². The Kier molecular flexibility index (Phi) is 6.25. The largest absolute Gasteiger partial charge is 0.325 e. The molecule has 2 unspecified atom stereocenters. The lowest BCUT2D eigenvalue weighted by Crippen LogP contribution is -2.54. The predicted octanol–water partition coefficient (Wildman–Crippen LogP) is 1.74. The minimum absolute atomic E-state index is 0.364. The highest BCUT2D eigenvalue weighted by atomic mass is 31.2. The van der Waals surface area contributed by atoms with Crippen LogP contribution in [-0.4, -0.2) is 32.5 Å². The Morgan fingerprint density at radius 3 is 2.33 bits per heavy atom. The van der Waals surface area contributed by atoms with Crippen LogP contribution in [0.4, 0.5) is 0 Å². The van der Waals surface area contributed by atoms with Crippen LogP contribution in [0.15, 0.2) is 30.3 Å². The fourth-order valence-corrected chi connectivity index (χ4v) is 3.41. The highest BCUT2D eigenvalue weighted by molar-refractivity contribution is 7.51. The molecule has 0 aliphatic heterocycles. The minimum atomic E-state index is -4.30. The Labute approximate surface area is 124 Å². The normalized spacial score (nSPS) is 16.2. The molecule has 7 heteroatoms. The number of benzene rings is 1. The molecule has 118 valence electrons. The zero-order chi connectivity index (χ0) is 16.1. The second-order valence-corrected chi connectivity index (χ2v) is 7.13. The average Bonchev–Trinajstić information content (AvgIpc) is 2.42. The number of hydroxylamine groups is 1. The summed E-state index contributed by atoms with van der Waals surface area (Å²) in [6.07, 6.45) is 0.484. The monoisotopic (exact) mass is 315 g/mol. The van der Waals surface area contributed by atoms with E-state index in [1.807, 2.05) is 35.8 Å². The second kappa shape index (κ2) is 7.29. The molecular formula is C14H22NO5P. The van der Waals surface area contributed by atoms with Crippen molar-refractivity contribution in [3.63, 3.8) is 0 Å². The van der Waals surface area contributed by atoms with Gasteiger partial charge < -0.3 is 15.0 Å². The number of Topliss-reactive ketones (excluding diaryl/α,β-unsaturated/α-hetero) is 1. The number of rotatable bonds is 8. The van der Waals surface area contributed by atoms with Crippen LogP contribution in [0.3, 0.4) is 0 Å². The lowest BCUT2D eigenvalue weighted by molar-refractivity contribution is -0.129. The fraction of sp³-hybridized carbons (Fsp3) is 0.500. The molecule has 0 bridgehead atoms. The molecule has 21 heavy (non-hydrogen) atoms. The van der Waals surface area contributed by atoms with Gasteiger partial charge in [-0.2, -0.15) is 5.48 Å². The van der Waals surface area contributed by atoms with Crippen LogP contribution in [-0.2, 0) is 15.8 Å². The number of hydrogen-bond donors (Lipinski definition) is 4. The summed E-state index contributed by atoms with van der Waals surface area (Å²) < 4.78 is 11.3. The molecule has 0 aromatic heterocycles. The summed E-state index contributed by atoms with van der Waals surface area (Å²) >= 11 is 0. The third-order valence-corrected chi connectivity index (χ3v) is 4.78. The maximum atomic E-state index is 11.8. The molecule has 1 aromatic carbocycles. The predicted molar refractivity (Wildman–Crippen MR) is 79.2 cm³/mol. The van der Waals surface area contributed by atoms with Crippen molar-refractivity contribution in [1.82, 2.24) is 5.48 Å². The zero-order valence-electron chi connectivity index (χ0n) is 12.2. The topological polar surface area (TPSA) is 107 Å². The van der Waals surface area contributed by atoms with Gasteiger partial charge in [0.25, 0.3) is 0 Å². The summed E-state index contributed by atoms with van der Waals surface area (Å²) in [4.78, 5) is 30.2. The average molecular weight is 315 g/mol. The van der Waals surface area contributed by atoms with E-state index in [0.717, 1.165) is 5.56 Å². The van der Waals surface area contributed by atoms with Crippen LogP contribution in [0.2, 0.25) is 0 Å². The van der Waals surface area contributed by atoms with Crippen molar-refractivity contribution in [1.29, 1.82) is 0 Å². The first-order valence-electron chi connectivity index (χ1n) is 6.70. The van der Waals surface area contributed by atoms with E-state index in [4.69, 9.17) is 0 Å². The first-order valence-corrected chi connectivity index (χ1v) is 8.49. The first-order chi connectivity index (χ1) is 9.69. The van der Waals surface area contributed by atoms with Gasteiger partial charge in [-0.15, -0.1) is 0 Å². The summed E-state index contributed by atoms with van der Waals surface area (Å²) in [5, 5.41) is 9.30. The lowest BCUT2D eigenvalue weighted by atomic mass is 9.80. The number of hydrogen-bond acceptors (Lipinski definition) is 4. The number of carbonyl (C=O) groups excluding carboxylic acids is 1. The van der Waals surface area contributed by atoms with Gasteiger partial charge in [-0.3, -0.25) is 9.36 Å². The first kappa shape index (κ1) is 18.0. The molecule has 0 aliphatic carbocycles. The number of aryl methyl sites for hydroxylation is 1. The molecule has 0 saturated heterocycles. The van der Waals surface area contributed by atoms with Crippen molar-refractivity contribution < 1.29 is 24.4 Å². The summed E-state index contributed by atoms with van der Waals surface area (Å²) in [5.74, 6) is -1.04. The zero-order valence-corrected chi connectivity index (χ0v) is 13.1. The molecule has 0 fully saturated rings. The van der Waals surface area contributed by atoms with E-state index >= 15 is 0 Å². The number of ketones is 1. The fourth-order valence-electron chi connectivity index (χ4n) is 2.29. The van der Waals surface area contributed by atoms with Crippen LogP contribution in [0.5, 0.6) is 0 Å². The third kappa shape index (κ3) is 5.34. The van der Waals surface area contributed by atoms with Gasteiger partial charge >= 0.3 is 7.60 Å². The van der Waals surface area contributed by atoms with Crippen LogP contribution in [0.25, 0.3) is 0 Å². The van der Waals surface area contributed by atoms with Gasteiger partial charge in [0.1, 0.15) is 5.54 Å². The Morgan fingerprint density at radius 1 is 1.33 bits per heavy atom. The third-order valence-electron chi connectivity index (χ3n) is 3.86. The minimum Gasteiger partial charge on any atom is -0.324 e. The van der Waals surface area contributed by atoms with Gasteiger partial charge in [-0.25, -0.2) is 0 Å². The smallest absolute Gasteiger partial charge is 0.324 e. The van der Waals surface area contributed by atoms with Crippen LogP contribution >= 0.6 is 7.60 Å². The number of nitrogens with one attached hydrogen (secondary N) is 1. The van der Waals surface area contributed by atoms with E-state index in [0.29, 0.717) is 12.8 Å². The van der Waals surface area contributed by atoms with E-state index in [2.05, 4.69) is 0 Å². The molecule has 2 atom stereocenters. The van der Waals surface area contributed by atoms with Crippen molar-refractivity contribution in [2.45, 2.75) is 32.2 Å².